The van der Waals surface area contributed by atoms with Gasteiger partial charge in [-0.05, 0) is 42.5 Å². The molecule has 0 unspecified atom stereocenters. The molecule has 5 nitrogen and oxygen atoms in total. The van der Waals surface area contributed by atoms with Gasteiger partial charge in [0.25, 0.3) is 5.91 Å². The van der Waals surface area contributed by atoms with E-state index >= 15 is 0 Å². The fourth-order valence-corrected chi connectivity index (χ4v) is 3.45. The minimum absolute atomic E-state index is 0.105. The molecule has 28 heavy (non-hydrogen) atoms. The fraction of sp³-hybridized carbons (Fsp3) is 0.0909. The van der Waals surface area contributed by atoms with Crippen LogP contribution in [0.5, 0.6) is 5.75 Å². The first kappa shape index (κ1) is 19.5. The first-order valence-corrected chi connectivity index (χ1v) is 9.51. The smallest absolute Gasteiger partial charge is 0.251 e. The Bertz CT molecular complexity index is 961. The van der Waals surface area contributed by atoms with Crippen molar-refractivity contribution in [1.29, 1.82) is 0 Å². The summed E-state index contributed by atoms with van der Waals surface area (Å²) >= 11 is 1.52. The van der Waals surface area contributed by atoms with Crippen LogP contribution in [0.1, 0.15) is 10.4 Å². The van der Waals surface area contributed by atoms with E-state index < -0.39 is 0 Å². The summed E-state index contributed by atoms with van der Waals surface area (Å²) < 4.78 is 5.25. The molecule has 0 aliphatic rings. The molecule has 0 aromatic heterocycles. The summed E-state index contributed by atoms with van der Waals surface area (Å²) in [5, 5.41) is 5.49. The summed E-state index contributed by atoms with van der Waals surface area (Å²) in [5.41, 5.74) is 1.21. The normalized spacial score (nSPS) is 10.2. The summed E-state index contributed by atoms with van der Waals surface area (Å²) in [7, 11) is 1.63. The molecule has 3 aromatic carbocycles. The van der Waals surface area contributed by atoms with Gasteiger partial charge in [-0.15, -0.1) is 0 Å². The van der Waals surface area contributed by atoms with Crippen LogP contribution >= 0.6 is 11.8 Å². The van der Waals surface area contributed by atoms with Crippen molar-refractivity contribution in [2.45, 2.75) is 9.79 Å². The van der Waals surface area contributed by atoms with Crippen molar-refractivity contribution in [2.75, 3.05) is 19.0 Å². The van der Waals surface area contributed by atoms with Gasteiger partial charge in [-0.2, -0.15) is 0 Å². The first-order chi connectivity index (χ1) is 13.7. The fourth-order valence-electron chi connectivity index (χ4n) is 2.50. The third-order valence-corrected chi connectivity index (χ3v) is 4.94. The van der Waals surface area contributed by atoms with E-state index in [2.05, 4.69) is 10.6 Å². The van der Waals surface area contributed by atoms with Crippen molar-refractivity contribution >= 4 is 29.3 Å². The zero-order valence-electron chi connectivity index (χ0n) is 15.3. The molecule has 0 saturated heterocycles. The lowest BCUT2D eigenvalue weighted by molar-refractivity contribution is -0.115. The molecule has 0 fully saturated rings. The van der Waals surface area contributed by atoms with Crippen LogP contribution in [0.2, 0.25) is 0 Å². The molecular formula is C22H20N2O3S. The highest BCUT2D eigenvalue weighted by molar-refractivity contribution is 7.99. The molecule has 142 valence electrons. The monoisotopic (exact) mass is 392 g/mol. The van der Waals surface area contributed by atoms with Crippen molar-refractivity contribution in [3.8, 4) is 5.75 Å². The Morgan fingerprint density at radius 2 is 1.68 bits per heavy atom. The number of ether oxygens (including phenoxy) is 1. The number of hydrogen-bond donors (Lipinski definition) is 2. The van der Waals surface area contributed by atoms with Crippen LogP contribution in [0.25, 0.3) is 0 Å². The molecule has 0 atom stereocenters. The van der Waals surface area contributed by atoms with Crippen molar-refractivity contribution in [3.05, 3.63) is 84.4 Å². The van der Waals surface area contributed by atoms with Crippen LogP contribution in [0, 0.1) is 0 Å². The average molecular weight is 392 g/mol. The molecule has 0 bridgehead atoms. The van der Waals surface area contributed by atoms with Gasteiger partial charge < -0.3 is 15.4 Å². The number of hydrogen-bond acceptors (Lipinski definition) is 4. The lowest BCUT2D eigenvalue weighted by atomic mass is 10.2. The second-order valence-corrected chi connectivity index (χ2v) is 6.99. The van der Waals surface area contributed by atoms with Gasteiger partial charge in [0, 0.05) is 15.4 Å². The van der Waals surface area contributed by atoms with E-state index in [1.165, 1.54) is 11.8 Å². The van der Waals surface area contributed by atoms with E-state index in [0.717, 1.165) is 15.5 Å². The SMILES string of the molecule is COc1cccc(Sc2ccccc2NC(=O)CNC(=O)c2ccccc2)c1. The maximum atomic E-state index is 12.3. The zero-order valence-corrected chi connectivity index (χ0v) is 16.2. The highest BCUT2D eigenvalue weighted by Gasteiger charge is 2.10. The van der Waals surface area contributed by atoms with Gasteiger partial charge >= 0.3 is 0 Å². The summed E-state index contributed by atoms with van der Waals surface area (Å²) in [6.07, 6.45) is 0. The Labute approximate surface area is 168 Å². The molecule has 0 aliphatic heterocycles. The second-order valence-electron chi connectivity index (χ2n) is 5.87. The molecule has 0 saturated carbocycles. The van der Waals surface area contributed by atoms with E-state index in [1.54, 1.807) is 31.4 Å². The molecule has 2 N–H and O–H groups in total. The number of methoxy groups -OCH3 is 1. The summed E-state index contributed by atoms with van der Waals surface area (Å²) in [6.45, 7) is -0.105. The lowest BCUT2D eigenvalue weighted by Crippen LogP contribution is -2.32. The first-order valence-electron chi connectivity index (χ1n) is 8.70. The summed E-state index contributed by atoms with van der Waals surface area (Å²) in [6, 6.07) is 24.0. The van der Waals surface area contributed by atoms with E-state index in [0.29, 0.717) is 11.3 Å². The molecule has 0 radical (unpaired) electrons. The van der Waals surface area contributed by atoms with Crippen molar-refractivity contribution < 1.29 is 14.3 Å². The van der Waals surface area contributed by atoms with Gasteiger partial charge in [0.05, 0.1) is 19.3 Å². The van der Waals surface area contributed by atoms with Crippen LogP contribution < -0.4 is 15.4 Å². The van der Waals surface area contributed by atoms with Crippen LogP contribution in [-0.4, -0.2) is 25.5 Å². The quantitative estimate of drug-likeness (QED) is 0.632. The van der Waals surface area contributed by atoms with Crippen molar-refractivity contribution in [3.63, 3.8) is 0 Å². The third kappa shape index (κ3) is 5.37. The summed E-state index contributed by atoms with van der Waals surface area (Å²) in [4.78, 5) is 26.3. The van der Waals surface area contributed by atoms with Crippen LogP contribution in [0.3, 0.4) is 0 Å². The van der Waals surface area contributed by atoms with Gasteiger partial charge in [-0.25, -0.2) is 0 Å². The molecular weight excluding hydrogens is 372 g/mol. The molecule has 0 aliphatic carbocycles. The zero-order chi connectivity index (χ0) is 19.8. The average Bonchev–Trinajstić information content (AvgIpc) is 2.74. The Kier molecular flexibility index (Phi) is 6.70. The van der Waals surface area contributed by atoms with Crippen LogP contribution in [-0.2, 0) is 4.79 Å². The highest BCUT2D eigenvalue weighted by atomic mass is 32.2. The van der Waals surface area contributed by atoms with Gasteiger partial charge in [0.2, 0.25) is 5.91 Å². The predicted octanol–water partition coefficient (Wildman–Crippen LogP) is 4.21. The largest absolute Gasteiger partial charge is 0.497 e. The summed E-state index contributed by atoms with van der Waals surface area (Å²) in [5.74, 6) is 0.202. The number of nitrogens with one attached hydrogen (secondary N) is 2. The number of benzene rings is 3. The lowest BCUT2D eigenvalue weighted by Gasteiger charge is -2.12. The molecule has 0 spiro atoms. The van der Waals surface area contributed by atoms with Crippen molar-refractivity contribution in [1.82, 2.24) is 5.32 Å². The topological polar surface area (TPSA) is 67.4 Å². The maximum Gasteiger partial charge on any atom is 0.251 e. The Hall–Kier alpha value is -3.25. The van der Waals surface area contributed by atoms with Crippen LogP contribution in [0.4, 0.5) is 5.69 Å². The molecule has 3 aromatic rings. The predicted molar refractivity (Wildman–Crippen MR) is 111 cm³/mol. The Morgan fingerprint density at radius 1 is 0.929 bits per heavy atom. The minimum atomic E-state index is -0.289. The molecule has 0 heterocycles. The number of carbonyl (C=O) groups excluding carboxylic acids is 2. The third-order valence-electron chi connectivity index (χ3n) is 3.88. The van der Waals surface area contributed by atoms with E-state index in [4.69, 9.17) is 4.74 Å². The van der Waals surface area contributed by atoms with Gasteiger partial charge in [0.15, 0.2) is 0 Å². The van der Waals surface area contributed by atoms with Gasteiger partial charge in [-0.1, -0.05) is 48.2 Å². The van der Waals surface area contributed by atoms with E-state index in [-0.39, 0.29) is 18.4 Å². The minimum Gasteiger partial charge on any atom is -0.497 e. The Morgan fingerprint density at radius 3 is 2.46 bits per heavy atom. The molecule has 2 amide bonds. The van der Waals surface area contributed by atoms with E-state index in [1.807, 2.05) is 54.6 Å². The number of para-hydroxylation sites is 1. The van der Waals surface area contributed by atoms with Gasteiger partial charge in [0.1, 0.15) is 5.75 Å². The highest BCUT2D eigenvalue weighted by Crippen LogP contribution is 2.34. The standard InChI is InChI=1S/C22H20N2O3S/c1-27-17-10-7-11-18(14-17)28-20-13-6-5-12-19(20)24-21(25)15-23-22(26)16-8-3-2-4-9-16/h2-14H,15H2,1H3,(H,23,26)(H,24,25). The van der Waals surface area contributed by atoms with Crippen LogP contribution in [0.15, 0.2) is 88.7 Å². The molecule has 6 heteroatoms. The number of rotatable bonds is 7. The number of carbonyl (C=O) groups is 2. The van der Waals surface area contributed by atoms with Crippen molar-refractivity contribution in [2.24, 2.45) is 0 Å². The molecule has 3 rings (SSSR count). The van der Waals surface area contributed by atoms with E-state index in [9.17, 15) is 9.59 Å². The number of anilines is 1. The van der Waals surface area contributed by atoms with Gasteiger partial charge in [-0.3, -0.25) is 9.59 Å². The number of amides is 2. The second kappa shape index (κ2) is 9.62. The Balaban J connectivity index is 1.62. The maximum absolute atomic E-state index is 12.3.